The van der Waals surface area contributed by atoms with E-state index in [4.69, 9.17) is 21.1 Å². The summed E-state index contributed by atoms with van der Waals surface area (Å²) in [5.41, 5.74) is 1.73. The highest BCUT2D eigenvalue weighted by molar-refractivity contribution is 6.29. The lowest BCUT2D eigenvalue weighted by Crippen LogP contribution is -2.38. The van der Waals surface area contributed by atoms with Crippen LogP contribution in [-0.2, 0) is 11.2 Å². The minimum atomic E-state index is -0.117. The third-order valence-corrected chi connectivity index (χ3v) is 3.45. The number of ketones is 1. The monoisotopic (exact) mass is 318 g/mol. The summed E-state index contributed by atoms with van der Waals surface area (Å²) in [6.07, 6.45) is 0.211. The Bertz CT molecular complexity index is 702. The van der Waals surface area contributed by atoms with E-state index in [9.17, 15) is 4.79 Å². The molecule has 2 aromatic heterocycles. The average molecular weight is 319 g/mol. The lowest BCUT2D eigenvalue weighted by Gasteiger charge is -2.26. The van der Waals surface area contributed by atoms with Crippen LogP contribution >= 0.6 is 11.6 Å². The number of aromatic nitrogens is 2. The van der Waals surface area contributed by atoms with Gasteiger partial charge < -0.3 is 9.47 Å². The summed E-state index contributed by atoms with van der Waals surface area (Å²) in [5.74, 6) is 0.524. The van der Waals surface area contributed by atoms with Crippen LogP contribution in [-0.4, -0.2) is 35.1 Å². The lowest BCUT2D eigenvalue weighted by molar-refractivity contribution is -0.0797. The predicted octanol–water partition coefficient (Wildman–Crippen LogP) is 2.64. The molecule has 3 heterocycles. The maximum absolute atomic E-state index is 12.4. The molecule has 1 fully saturated rings. The second-order valence-corrected chi connectivity index (χ2v) is 5.55. The van der Waals surface area contributed by atoms with Crippen molar-refractivity contribution in [3.63, 3.8) is 0 Å². The molecular formula is C16H15ClN2O3. The SMILES string of the molecule is Cc1cc(OC2COC2)cc(C(=O)Cc2cccc(Cl)n2)n1. The van der Waals surface area contributed by atoms with E-state index in [1.54, 1.807) is 24.3 Å². The molecule has 0 aliphatic carbocycles. The Morgan fingerprint density at radius 1 is 1.36 bits per heavy atom. The first-order valence-corrected chi connectivity index (χ1v) is 7.35. The Labute approximate surface area is 133 Å². The summed E-state index contributed by atoms with van der Waals surface area (Å²) >= 11 is 5.83. The van der Waals surface area contributed by atoms with Gasteiger partial charge in [-0.25, -0.2) is 9.97 Å². The molecule has 0 N–H and O–H groups in total. The van der Waals surface area contributed by atoms with E-state index in [1.807, 2.05) is 13.0 Å². The van der Waals surface area contributed by atoms with Crippen LogP contribution in [0.25, 0.3) is 0 Å². The average Bonchev–Trinajstić information content (AvgIpc) is 2.42. The van der Waals surface area contributed by atoms with E-state index in [0.29, 0.717) is 35.5 Å². The first kappa shape index (κ1) is 14.9. The topological polar surface area (TPSA) is 61.3 Å². The third-order valence-electron chi connectivity index (χ3n) is 3.24. The molecule has 1 saturated heterocycles. The zero-order valence-electron chi connectivity index (χ0n) is 12.1. The molecule has 22 heavy (non-hydrogen) atoms. The molecule has 0 bridgehead atoms. The molecular weight excluding hydrogens is 304 g/mol. The molecule has 1 aliphatic heterocycles. The molecule has 0 atom stereocenters. The first-order chi connectivity index (χ1) is 10.6. The van der Waals surface area contributed by atoms with E-state index in [1.165, 1.54) is 0 Å². The van der Waals surface area contributed by atoms with Crippen molar-refractivity contribution in [2.45, 2.75) is 19.4 Å². The van der Waals surface area contributed by atoms with Gasteiger partial charge in [0.2, 0.25) is 0 Å². The summed E-state index contributed by atoms with van der Waals surface area (Å²) in [7, 11) is 0. The van der Waals surface area contributed by atoms with Crippen LogP contribution in [0.5, 0.6) is 5.75 Å². The number of nitrogens with zero attached hydrogens (tertiary/aromatic N) is 2. The van der Waals surface area contributed by atoms with Gasteiger partial charge in [-0.15, -0.1) is 0 Å². The van der Waals surface area contributed by atoms with Gasteiger partial charge in [-0.05, 0) is 19.1 Å². The van der Waals surface area contributed by atoms with Crippen LogP contribution in [0.15, 0.2) is 30.3 Å². The van der Waals surface area contributed by atoms with E-state index >= 15 is 0 Å². The Morgan fingerprint density at radius 3 is 2.86 bits per heavy atom. The molecule has 5 nitrogen and oxygen atoms in total. The van der Waals surface area contributed by atoms with Gasteiger partial charge in [0.25, 0.3) is 0 Å². The van der Waals surface area contributed by atoms with Gasteiger partial charge in [-0.1, -0.05) is 17.7 Å². The van der Waals surface area contributed by atoms with Crippen molar-refractivity contribution in [3.05, 3.63) is 52.6 Å². The van der Waals surface area contributed by atoms with Crippen molar-refractivity contribution >= 4 is 17.4 Å². The van der Waals surface area contributed by atoms with Crippen LogP contribution in [0.4, 0.5) is 0 Å². The van der Waals surface area contributed by atoms with Crippen LogP contribution < -0.4 is 4.74 Å². The van der Waals surface area contributed by atoms with Crippen molar-refractivity contribution in [1.82, 2.24) is 9.97 Å². The van der Waals surface area contributed by atoms with E-state index in [-0.39, 0.29) is 18.3 Å². The highest BCUT2D eigenvalue weighted by atomic mass is 35.5. The fraction of sp³-hybridized carbons (Fsp3) is 0.312. The maximum Gasteiger partial charge on any atom is 0.187 e. The standard InChI is InChI=1S/C16H15ClN2O3/c1-10-5-12(22-13-8-21-9-13)7-14(18-10)15(20)6-11-3-2-4-16(17)19-11/h2-5,7,13H,6,8-9H2,1H3. The molecule has 0 saturated carbocycles. The number of hydrogen-bond acceptors (Lipinski definition) is 5. The smallest absolute Gasteiger partial charge is 0.187 e. The molecule has 3 rings (SSSR count). The largest absolute Gasteiger partial charge is 0.485 e. The van der Waals surface area contributed by atoms with Crippen LogP contribution in [0.1, 0.15) is 21.9 Å². The molecule has 0 radical (unpaired) electrons. The normalized spacial score (nSPS) is 14.5. The number of Topliss-reactive ketones (excluding diaryl/α,β-unsaturated/α-hetero) is 1. The van der Waals surface area contributed by atoms with E-state index in [2.05, 4.69) is 9.97 Å². The van der Waals surface area contributed by atoms with Gasteiger partial charge in [0, 0.05) is 23.5 Å². The van der Waals surface area contributed by atoms with E-state index in [0.717, 1.165) is 5.69 Å². The number of aryl methyl sites for hydroxylation is 1. The summed E-state index contributed by atoms with van der Waals surface area (Å²) < 4.78 is 10.8. The number of hydrogen-bond donors (Lipinski definition) is 0. The molecule has 6 heteroatoms. The van der Waals surface area contributed by atoms with Crippen molar-refractivity contribution in [2.24, 2.45) is 0 Å². The van der Waals surface area contributed by atoms with E-state index < -0.39 is 0 Å². The van der Waals surface area contributed by atoms with Crippen LogP contribution in [0, 0.1) is 6.92 Å². The molecule has 114 valence electrons. The Balaban J connectivity index is 1.76. The fourth-order valence-corrected chi connectivity index (χ4v) is 2.31. The number of carbonyl (C=O) groups is 1. The van der Waals surface area contributed by atoms with Gasteiger partial charge in [0.05, 0.1) is 19.6 Å². The van der Waals surface area contributed by atoms with Gasteiger partial charge in [-0.3, -0.25) is 4.79 Å². The summed E-state index contributed by atoms with van der Waals surface area (Å²) in [5, 5.41) is 0.372. The van der Waals surface area contributed by atoms with Gasteiger partial charge in [0.15, 0.2) is 5.78 Å². The zero-order chi connectivity index (χ0) is 15.5. The molecule has 0 aromatic carbocycles. The number of ether oxygens (including phenoxy) is 2. The minimum Gasteiger partial charge on any atom is -0.485 e. The number of carbonyl (C=O) groups excluding carboxylic acids is 1. The lowest BCUT2D eigenvalue weighted by atomic mass is 10.1. The van der Waals surface area contributed by atoms with Crippen molar-refractivity contribution in [2.75, 3.05) is 13.2 Å². The Hall–Kier alpha value is -1.98. The van der Waals surface area contributed by atoms with Gasteiger partial charge in [-0.2, -0.15) is 0 Å². The highest BCUT2D eigenvalue weighted by Crippen LogP contribution is 2.19. The summed E-state index contributed by atoms with van der Waals surface area (Å²) in [6.45, 7) is 2.99. The number of pyridine rings is 2. The van der Waals surface area contributed by atoms with Gasteiger partial charge >= 0.3 is 0 Å². The second-order valence-electron chi connectivity index (χ2n) is 5.16. The van der Waals surface area contributed by atoms with Crippen molar-refractivity contribution < 1.29 is 14.3 Å². The predicted molar refractivity (Wildman–Crippen MR) is 81.5 cm³/mol. The maximum atomic E-state index is 12.4. The van der Waals surface area contributed by atoms with Crippen molar-refractivity contribution in [3.8, 4) is 5.75 Å². The fourth-order valence-electron chi connectivity index (χ4n) is 2.13. The van der Waals surface area contributed by atoms with Crippen LogP contribution in [0.3, 0.4) is 0 Å². The minimum absolute atomic E-state index is 0.0550. The number of rotatable bonds is 5. The molecule has 2 aromatic rings. The molecule has 0 amide bonds. The van der Waals surface area contributed by atoms with Crippen molar-refractivity contribution in [1.29, 1.82) is 0 Å². The Kier molecular flexibility index (Phi) is 4.36. The summed E-state index contributed by atoms with van der Waals surface area (Å²) in [6, 6.07) is 8.69. The molecule has 0 unspecified atom stereocenters. The third kappa shape index (κ3) is 3.61. The second kappa shape index (κ2) is 6.42. The highest BCUT2D eigenvalue weighted by Gasteiger charge is 2.21. The zero-order valence-corrected chi connectivity index (χ0v) is 12.8. The molecule has 1 aliphatic rings. The first-order valence-electron chi connectivity index (χ1n) is 6.98. The Morgan fingerprint density at radius 2 is 2.18 bits per heavy atom. The van der Waals surface area contributed by atoms with Crippen LogP contribution in [0.2, 0.25) is 5.15 Å². The quantitative estimate of drug-likeness (QED) is 0.626. The number of halogens is 1. The summed E-state index contributed by atoms with van der Waals surface area (Å²) in [4.78, 5) is 20.8. The molecule has 0 spiro atoms. The van der Waals surface area contributed by atoms with Gasteiger partial charge in [0.1, 0.15) is 22.7 Å².